The number of benzene rings is 4. The van der Waals surface area contributed by atoms with Gasteiger partial charge in [-0.3, -0.25) is 14.6 Å². The number of aryl methyl sites for hydroxylation is 1. The highest BCUT2D eigenvalue weighted by Crippen LogP contribution is 2.46. The molecule has 1 aliphatic carbocycles. The minimum atomic E-state index is -4.21. The second-order valence-electron chi connectivity index (χ2n) is 10.7. The molecule has 2 unspecified atom stereocenters. The number of nitrogens with zero attached hydrogens (tertiary/aromatic N) is 4. The van der Waals surface area contributed by atoms with Gasteiger partial charge in [-0.2, -0.15) is 13.5 Å². The zero-order valence-electron chi connectivity index (χ0n) is 23.1. The van der Waals surface area contributed by atoms with Crippen molar-refractivity contribution in [3.63, 3.8) is 0 Å². The van der Waals surface area contributed by atoms with E-state index < -0.39 is 21.8 Å². The van der Waals surface area contributed by atoms with E-state index in [4.69, 9.17) is 5.10 Å². The Morgan fingerprint density at radius 2 is 1.60 bits per heavy atom. The lowest BCUT2D eigenvalue weighted by molar-refractivity contribution is -0.122. The first-order chi connectivity index (χ1) is 20.8. The molecule has 0 spiro atoms. The molecule has 3 aliphatic rings. The largest absolute Gasteiger partial charge is 0.284 e. The number of hydrogen-bond donors (Lipinski definition) is 0. The van der Waals surface area contributed by atoms with E-state index in [0.29, 0.717) is 0 Å². The standard InChI is InChI=1S/C33H26N4O4S2/c1-21-11-13-22(14-12-21)31-28-19-24-9-5-6-10-27(24)30(28)34-37(31)25-15-17-26(18-16-25)43(40,41)35-33-36(29(38)20-42-33)32(39)23-7-3-2-4-8-23/h2-18,28,31H,19-20H2,1H3/b35-33-. The summed E-state index contributed by atoms with van der Waals surface area (Å²) < 4.78 is 30.6. The molecule has 214 valence electrons. The van der Waals surface area contributed by atoms with Crippen molar-refractivity contribution in [2.24, 2.45) is 15.4 Å². The number of rotatable bonds is 5. The van der Waals surface area contributed by atoms with Crippen LogP contribution in [0.1, 0.15) is 38.7 Å². The van der Waals surface area contributed by atoms with Crippen LogP contribution in [0.2, 0.25) is 0 Å². The number of hydrazone groups is 1. The predicted octanol–water partition coefficient (Wildman–Crippen LogP) is 5.59. The number of sulfonamides is 1. The number of hydrogen-bond acceptors (Lipinski definition) is 7. The van der Waals surface area contributed by atoms with E-state index in [1.807, 2.05) is 11.1 Å². The molecule has 2 atom stereocenters. The van der Waals surface area contributed by atoms with Crippen LogP contribution in [-0.4, -0.2) is 41.8 Å². The Morgan fingerprint density at radius 1 is 0.907 bits per heavy atom. The maximum absolute atomic E-state index is 13.4. The van der Waals surface area contributed by atoms with Gasteiger partial charge in [-0.25, -0.2) is 4.90 Å². The van der Waals surface area contributed by atoms with Gasteiger partial charge in [-0.15, -0.1) is 4.40 Å². The first kappa shape index (κ1) is 27.3. The van der Waals surface area contributed by atoms with Crippen LogP contribution in [0, 0.1) is 12.8 Å². The zero-order chi connectivity index (χ0) is 29.7. The monoisotopic (exact) mass is 606 g/mol. The summed E-state index contributed by atoms with van der Waals surface area (Å²) in [5, 5.41) is 6.90. The molecule has 10 heteroatoms. The highest BCUT2D eigenvalue weighted by atomic mass is 32.2. The van der Waals surface area contributed by atoms with Crippen LogP contribution < -0.4 is 5.01 Å². The van der Waals surface area contributed by atoms with Gasteiger partial charge in [0.2, 0.25) is 5.91 Å². The minimum Gasteiger partial charge on any atom is -0.273 e. The number of fused-ring (bicyclic) bond motifs is 3. The van der Waals surface area contributed by atoms with Crippen LogP contribution >= 0.6 is 11.8 Å². The van der Waals surface area contributed by atoms with Gasteiger partial charge in [0.25, 0.3) is 15.9 Å². The number of amides is 2. The smallest absolute Gasteiger partial charge is 0.273 e. The van der Waals surface area contributed by atoms with Crippen LogP contribution in [0.3, 0.4) is 0 Å². The molecule has 2 aliphatic heterocycles. The maximum atomic E-state index is 13.4. The minimum absolute atomic E-state index is 0.0416. The molecule has 7 rings (SSSR count). The average molecular weight is 607 g/mol. The van der Waals surface area contributed by atoms with Crippen molar-refractivity contribution in [3.8, 4) is 0 Å². The SMILES string of the molecule is Cc1ccc(C2C3Cc4ccccc4C3=NN2c2ccc(S(=O)(=O)/N=C3\SCC(=O)N3C(=O)c3ccccc3)cc2)cc1. The molecule has 0 radical (unpaired) electrons. The second-order valence-corrected chi connectivity index (χ2v) is 13.2. The van der Waals surface area contributed by atoms with Gasteiger partial charge in [0, 0.05) is 17.0 Å². The summed E-state index contributed by atoms with van der Waals surface area (Å²) in [5.41, 5.74) is 6.81. The summed E-state index contributed by atoms with van der Waals surface area (Å²) >= 11 is 0.930. The number of imide groups is 1. The summed E-state index contributed by atoms with van der Waals surface area (Å²) in [7, 11) is -4.21. The van der Waals surface area contributed by atoms with Crippen molar-refractivity contribution < 1.29 is 18.0 Å². The van der Waals surface area contributed by atoms with Crippen molar-refractivity contribution >= 4 is 50.2 Å². The lowest BCUT2D eigenvalue weighted by atomic mass is 9.89. The van der Waals surface area contributed by atoms with Gasteiger partial charge >= 0.3 is 0 Å². The molecule has 0 aromatic heterocycles. The summed E-state index contributed by atoms with van der Waals surface area (Å²) in [6, 6.07) is 31.4. The first-order valence-corrected chi connectivity index (χ1v) is 16.3. The molecule has 4 aromatic carbocycles. The summed E-state index contributed by atoms with van der Waals surface area (Å²) in [6.07, 6.45) is 0.878. The number of anilines is 1. The van der Waals surface area contributed by atoms with Crippen molar-refractivity contribution in [2.45, 2.75) is 24.3 Å². The molecule has 8 nitrogen and oxygen atoms in total. The molecule has 2 heterocycles. The van der Waals surface area contributed by atoms with E-state index in [0.717, 1.165) is 45.6 Å². The molecule has 0 bridgehead atoms. The van der Waals surface area contributed by atoms with Gasteiger partial charge in [-0.1, -0.05) is 84.1 Å². The fraction of sp³-hybridized carbons (Fsp3) is 0.152. The van der Waals surface area contributed by atoms with Crippen LogP contribution in [0.25, 0.3) is 0 Å². The summed E-state index contributed by atoms with van der Waals surface area (Å²) in [6.45, 7) is 2.06. The predicted molar refractivity (Wildman–Crippen MR) is 168 cm³/mol. The van der Waals surface area contributed by atoms with Crippen LogP contribution in [0.15, 0.2) is 118 Å². The molecule has 2 amide bonds. The lowest BCUT2D eigenvalue weighted by Gasteiger charge is -2.28. The Bertz CT molecular complexity index is 1920. The lowest BCUT2D eigenvalue weighted by Crippen LogP contribution is -2.36. The van der Waals surface area contributed by atoms with Gasteiger partial charge < -0.3 is 0 Å². The normalized spacial score (nSPS) is 20.3. The number of carbonyl (C=O) groups is 2. The van der Waals surface area contributed by atoms with Crippen LogP contribution in [-0.2, 0) is 21.2 Å². The Kier molecular flexibility index (Phi) is 6.75. The van der Waals surface area contributed by atoms with Crippen LogP contribution in [0.5, 0.6) is 0 Å². The molecule has 0 N–H and O–H groups in total. The summed E-state index contributed by atoms with van der Waals surface area (Å²) in [4.78, 5) is 26.3. The third-order valence-corrected chi connectivity index (χ3v) is 10.3. The van der Waals surface area contributed by atoms with Gasteiger partial charge in [0.15, 0.2) is 5.17 Å². The topological polar surface area (TPSA) is 99.5 Å². The zero-order valence-corrected chi connectivity index (χ0v) is 24.8. The Morgan fingerprint density at radius 3 is 2.35 bits per heavy atom. The average Bonchev–Trinajstić information content (AvgIpc) is 3.69. The highest BCUT2D eigenvalue weighted by Gasteiger charge is 2.44. The number of carbonyl (C=O) groups excluding carboxylic acids is 2. The molecule has 1 saturated heterocycles. The molecule has 1 fully saturated rings. The van der Waals surface area contributed by atoms with E-state index in [1.54, 1.807) is 42.5 Å². The molecule has 43 heavy (non-hydrogen) atoms. The number of amidine groups is 1. The Hall–Kier alpha value is -4.54. The van der Waals surface area contributed by atoms with Gasteiger partial charge in [0.05, 0.1) is 28.1 Å². The maximum Gasteiger partial charge on any atom is 0.284 e. The van der Waals surface area contributed by atoms with E-state index in [1.165, 1.54) is 23.3 Å². The van der Waals surface area contributed by atoms with Crippen molar-refractivity contribution in [1.29, 1.82) is 0 Å². The molecule has 4 aromatic rings. The number of thioether (sulfide) groups is 1. The Labute approximate surface area is 253 Å². The van der Waals surface area contributed by atoms with E-state index in [2.05, 4.69) is 53.8 Å². The molecular weight excluding hydrogens is 581 g/mol. The van der Waals surface area contributed by atoms with Gasteiger partial charge in [0.1, 0.15) is 0 Å². The summed E-state index contributed by atoms with van der Waals surface area (Å²) in [5.74, 6) is -1.01. The third-order valence-electron chi connectivity index (χ3n) is 7.95. The van der Waals surface area contributed by atoms with Crippen LogP contribution in [0.4, 0.5) is 5.69 Å². The fourth-order valence-electron chi connectivity index (χ4n) is 5.84. The van der Waals surface area contributed by atoms with E-state index in [-0.39, 0.29) is 33.3 Å². The van der Waals surface area contributed by atoms with E-state index in [9.17, 15) is 18.0 Å². The fourth-order valence-corrected chi connectivity index (χ4v) is 7.91. The van der Waals surface area contributed by atoms with Crippen molar-refractivity contribution in [3.05, 3.63) is 131 Å². The second kappa shape index (κ2) is 10.6. The third kappa shape index (κ3) is 4.86. The van der Waals surface area contributed by atoms with Gasteiger partial charge in [-0.05, 0) is 60.9 Å². The van der Waals surface area contributed by atoms with E-state index >= 15 is 0 Å². The molecular formula is C33H26N4O4S2. The van der Waals surface area contributed by atoms with Crippen molar-refractivity contribution in [2.75, 3.05) is 10.8 Å². The highest BCUT2D eigenvalue weighted by molar-refractivity contribution is 8.15. The Balaban J connectivity index is 1.21. The quantitative estimate of drug-likeness (QED) is 0.275. The molecule has 0 saturated carbocycles. The van der Waals surface area contributed by atoms with Crippen molar-refractivity contribution in [1.82, 2.24) is 4.90 Å². The first-order valence-electron chi connectivity index (χ1n) is 13.8.